The lowest BCUT2D eigenvalue weighted by molar-refractivity contribution is -0.0214. The standard InChI is InChI=1S/C13H27N3O/c1-10-5-4-6-11(2)16(10)15-13(9-14)7-8-17-12(13)3/h10-12,15H,4-9,14H2,1-3H3. The van der Waals surface area contributed by atoms with Crippen LogP contribution in [0.5, 0.6) is 0 Å². The molecular formula is C13H27N3O. The van der Waals surface area contributed by atoms with E-state index >= 15 is 0 Å². The third kappa shape index (κ3) is 2.50. The lowest BCUT2D eigenvalue weighted by atomic mass is 9.92. The van der Waals surface area contributed by atoms with Gasteiger partial charge in [-0.3, -0.25) is 0 Å². The summed E-state index contributed by atoms with van der Waals surface area (Å²) >= 11 is 0. The van der Waals surface area contributed by atoms with E-state index < -0.39 is 0 Å². The molecular weight excluding hydrogens is 214 g/mol. The number of hydrazine groups is 1. The zero-order chi connectivity index (χ0) is 12.5. The molecule has 2 aliphatic heterocycles. The lowest BCUT2D eigenvalue weighted by Gasteiger charge is -2.46. The highest BCUT2D eigenvalue weighted by molar-refractivity contribution is 4.99. The van der Waals surface area contributed by atoms with Crippen LogP contribution in [0.2, 0.25) is 0 Å². The molecule has 4 heteroatoms. The van der Waals surface area contributed by atoms with Gasteiger partial charge in [-0.25, -0.2) is 10.4 Å². The monoisotopic (exact) mass is 241 g/mol. The Bertz CT molecular complexity index is 251. The Balaban J connectivity index is 2.07. The Morgan fingerprint density at radius 1 is 1.29 bits per heavy atom. The van der Waals surface area contributed by atoms with E-state index in [0.29, 0.717) is 18.6 Å². The zero-order valence-corrected chi connectivity index (χ0v) is 11.4. The van der Waals surface area contributed by atoms with Gasteiger partial charge < -0.3 is 10.5 Å². The van der Waals surface area contributed by atoms with E-state index in [9.17, 15) is 0 Å². The second-order valence-corrected chi connectivity index (χ2v) is 5.77. The molecule has 0 aromatic carbocycles. The first-order valence-corrected chi connectivity index (χ1v) is 6.97. The fraction of sp³-hybridized carbons (Fsp3) is 1.00. The van der Waals surface area contributed by atoms with Crippen molar-refractivity contribution in [2.24, 2.45) is 5.73 Å². The number of piperidine rings is 1. The molecule has 2 fully saturated rings. The van der Waals surface area contributed by atoms with E-state index in [4.69, 9.17) is 10.5 Å². The molecule has 0 bridgehead atoms. The minimum absolute atomic E-state index is 0.0557. The first-order valence-electron chi connectivity index (χ1n) is 6.97. The normalized spacial score (nSPS) is 44.1. The Labute approximate surface area is 105 Å². The molecule has 0 aliphatic carbocycles. The molecule has 0 spiro atoms. The van der Waals surface area contributed by atoms with Gasteiger partial charge in [-0.1, -0.05) is 6.42 Å². The van der Waals surface area contributed by atoms with Crippen LogP contribution in [-0.4, -0.2) is 41.9 Å². The smallest absolute Gasteiger partial charge is 0.0754 e. The van der Waals surface area contributed by atoms with Crippen LogP contribution in [0.15, 0.2) is 0 Å². The van der Waals surface area contributed by atoms with Crippen molar-refractivity contribution in [1.29, 1.82) is 0 Å². The SMILES string of the molecule is CC1CCCC(C)N1NC1(CN)CCOC1C. The summed E-state index contributed by atoms with van der Waals surface area (Å²) in [6, 6.07) is 1.19. The van der Waals surface area contributed by atoms with Crippen molar-refractivity contribution >= 4 is 0 Å². The van der Waals surface area contributed by atoms with Gasteiger partial charge in [-0.2, -0.15) is 0 Å². The number of hydrogen-bond acceptors (Lipinski definition) is 4. The molecule has 0 aromatic heterocycles. The molecule has 0 saturated carbocycles. The minimum atomic E-state index is -0.0557. The maximum absolute atomic E-state index is 6.00. The highest BCUT2D eigenvalue weighted by Crippen LogP contribution is 2.28. The number of ether oxygens (including phenoxy) is 1. The van der Waals surface area contributed by atoms with Gasteiger partial charge in [0.15, 0.2) is 0 Å². The van der Waals surface area contributed by atoms with E-state index in [2.05, 4.69) is 31.2 Å². The van der Waals surface area contributed by atoms with E-state index in [1.165, 1.54) is 19.3 Å². The summed E-state index contributed by atoms with van der Waals surface area (Å²) in [6.45, 7) is 8.19. The quantitative estimate of drug-likeness (QED) is 0.781. The predicted molar refractivity (Wildman–Crippen MR) is 69.6 cm³/mol. The van der Waals surface area contributed by atoms with Crippen LogP contribution in [0.3, 0.4) is 0 Å². The van der Waals surface area contributed by atoms with Crippen LogP contribution in [0, 0.1) is 0 Å². The predicted octanol–water partition coefficient (Wildman–Crippen LogP) is 1.26. The fourth-order valence-corrected chi connectivity index (χ4v) is 3.14. The van der Waals surface area contributed by atoms with Crippen molar-refractivity contribution in [1.82, 2.24) is 10.4 Å². The molecule has 4 unspecified atom stereocenters. The van der Waals surface area contributed by atoms with Gasteiger partial charge in [-0.15, -0.1) is 0 Å². The average Bonchev–Trinajstić information content (AvgIpc) is 2.66. The summed E-state index contributed by atoms with van der Waals surface area (Å²) in [6.07, 6.45) is 5.09. The molecule has 0 aromatic rings. The summed E-state index contributed by atoms with van der Waals surface area (Å²) in [5.74, 6) is 0. The molecule has 100 valence electrons. The van der Waals surface area contributed by atoms with Gasteiger partial charge in [0.05, 0.1) is 11.6 Å². The largest absolute Gasteiger partial charge is 0.376 e. The Morgan fingerprint density at radius 3 is 2.41 bits per heavy atom. The highest BCUT2D eigenvalue weighted by Gasteiger charge is 2.43. The van der Waals surface area contributed by atoms with Crippen molar-refractivity contribution in [3.05, 3.63) is 0 Å². The first-order chi connectivity index (χ1) is 8.09. The second kappa shape index (κ2) is 5.22. The average molecular weight is 241 g/mol. The van der Waals surface area contributed by atoms with Crippen LogP contribution >= 0.6 is 0 Å². The first kappa shape index (κ1) is 13.3. The van der Waals surface area contributed by atoms with E-state index in [-0.39, 0.29) is 11.6 Å². The highest BCUT2D eigenvalue weighted by atomic mass is 16.5. The molecule has 2 rings (SSSR count). The summed E-state index contributed by atoms with van der Waals surface area (Å²) in [4.78, 5) is 0. The summed E-state index contributed by atoms with van der Waals surface area (Å²) in [5, 5.41) is 2.42. The summed E-state index contributed by atoms with van der Waals surface area (Å²) in [7, 11) is 0. The van der Waals surface area contributed by atoms with Crippen LogP contribution in [-0.2, 0) is 4.74 Å². The van der Waals surface area contributed by atoms with Crippen LogP contribution < -0.4 is 11.2 Å². The third-order valence-electron chi connectivity index (χ3n) is 4.60. The van der Waals surface area contributed by atoms with Gasteiger partial charge in [-0.05, 0) is 40.0 Å². The molecule has 3 N–H and O–H groups in total. The second-order valence-electron chi connectivity index (χ2n) is 5.77. The molecule has 4 atom stereocenters. The molecule has 2 aliphatic rings. The molecule has 0 radical (unpaired) electrons. The van der Waals surface area contributed by atoms with Crippen molar-refractivity contribution in [2.75, 3.05) is 13.2 Å². The topological polar surface area (TPSA) is 50.5 Å². The molecule has 4 nitrogen and oxygen atoms in total. The summed E-state index contributed by atoms with van der Waals surface area (Å²) in [5.41, 5.74) is 9.66. The van der Waals surface area contributed by atoms with Gasteiger partial charge in [0.1, 0.15) is 0 Å². The maximum Gasteiger partial charge on any atom is 0.0754 e. The van der Waals surface area contributed by atoms with Crippen molar-refractivity contribution in [3.8, 4) is 0 Å². The van der Waals surface area contributed by atoms with E-state index in [0.717, 1.165) is 13.0 Å². The molecule has 17 heavy (non-hydrogen) atoms. The number of nitrogens with zero attached hydrogens (tertiary/aromatic N) is 1. The van der Waals surface area contributed by atoms with Gasteiger partial charge >= 0.3 is 0 Å². The van der Waals surface area contributed by atoms with E-state index in [1.54, 1.807) is 0 Å². The van der Waals surface area contributed by atoms with Gasteiger partial charge in [0.25, 0.3) is 0 Å². The van der Waals surface area contributed by atoms with Crippen LogP contribution in [0.1, 0.15) is 46.5 Å². The van der Waals surface area contributed by atoms with Crippen LogP contribution in [0.25, 0.3) is 0 Å². The third-order valence-corrected chi connectivity index (χ3v) is 4.60. The molecule has 2 saturated heterocycles. The van der Waals surface area contributed by atoms with Gasteiger partial charge in [0, 0.05) is 25.2 Å². The lowest BCUT2D eigenvalue weighted by Crippen LogP contribution is -2.66. The zero-order valence-electron chi connectivity index (χ0n) is 11.4. The number of nitrogens with one attached hydrogen (secondary N) is 1. The molecule has 2 heterocycles. The fourth-order valence-electron chi connectivity index (χ4n) is 3.14. The Kier molecular flexibility index (Phi) is 4.08. The Morgan fingerprint density at radius 2 is 1.94 bits per heavy atom. The Hall–Kier alpha value is -0.160. The van der Waals surface area contributed by atoms with Crippen molar-refractivity contribution in [2.45, 2.75) is 70.2 Å². The van der Waals surface area contributed by atoms with Crippen molar-refractivity contribution < 1.29 is 4.74 Å². The maximum atomic E-state index is 6.00. The number of nitrogens with two attached hydrogens (primary N) is 1. The number of rotatable bonds is 3. The summed E-state index contributed by atoms with van der Waals surface area (Å²) < 4.78 is 5.70. The number of hydrogen-bond donors (Lipinski definition) is 2. The van der Waals surface area contributed by atoms with Gasteiger partial charge in [0.2, 0.25) is 0 Å². The minimum Gasteiger partial charge on any atom is -0.376 e. The van der Waals surface area contributed by atoms with Crippen LogP contribution in [0.4, 0.5) is 0 Å². The van der Waals surface area contributed by atoms with Crippen molar-refractivity contribution in [3.63, 3.8) is 0 Å². The molecule has 0 amide bonds. The van der Waals surface area contributed by atoms with E-state index in [1.807, 2.05) is 0 Å².